The van der Waals surface area contributed by atoms with Crippen molar-refractivity contribution >= 4 is 28.7 Å². The molecule has 0 saturated carbocycles. The number of hydrogen-bond acceptors (Lipinski definition) is 7. The van der Waals surface area contributed by atoms with Crippen LogP contribution in [-0.4, -0.2) is 46.4 Å². The molecule has 0 radical (unpaired) electrons. The van der Waals surface area contributed by atoms with Crippen LogP contribution in [0.15, 0.2) is 39.5 Å². The Hall–Kier alpha value is -3.46. The number of nitrogens with one attached hydrogen (secondary N) is 2. The highest BCUT2D eigenvalue weighted by atomic mass is 16.5. The van der Waals surface area contributed by atoms with Gasteiger partial charge < -0.3 is 19.5 Å². The number of aromatic nitrogens is 2. The average molecular weight is 438 g/mol. The summed E-state index contributed by atoms with van der Waals surface area (Å²) in [5.41, 5.74) is 0.550. The molecule has 0 bridgehead atoms. The number of esters is 1. The topological polar surface area (TPSA) is 118 Å². The molecule has 9 nitrogen and oxygen atoms in total. The van der Waals surface area contributed by atoms with E-state index in [2.05, 4.69) is 20.2 Å². The van der Waals surface area contributed by atoms with E-state index in [-0.39, 0.29) is 35.1 Å². The van der Waals surface area contributed by atoms with Crippen LogP contribution in [0.4, 0.5) is 5.69 Å². The summed E-state index contributed by atoms with van der Waals surface area (Å²) in [4.78, 5) is 46.9. The third kappa shape index (κ3) is 4.57. The molecule has 1 aliphatic rings. The second kappa shape index (κ2) is 9.35. The number of aromatic amines is 1. The molecule has 3 aromatic rings. The van der Waals surface area contributed by atoms with E-state index >= 15 is 0 Å². The number of benzene rings is 1. The van der Waals surface area contributed by atoms with Crippen molar-refractivity contribution in [2.75, 3.05) is 25.0 Å². The molecule has 1 amide bonds. The van der Waals surface area contributed by atoms with Gasteiger partial charge in [0.05, 0.1) is 19.1 Å². The predicted octanol–water partition coefficient (Wildman–Crippen LogP) is 2.85. The van der Waals surface area contributed by atoms with Crippen LogP contribution >= 0.6 is 0 Å². The van der Waals surface area contributed by atoms with Crippen LogP contribution in [0, 0.1) is 12.8 Å². The zero-order valence-corrected chi connectivity index (χ0v) is 18.1. The number of carbonyl (C=O) groups is 2. The lowest BCUT2D eigenvalue weighted by molar-refractivity contribution is -0.121. The minimum absolute atomic E-state index is 0.0152. The highest BCUT2D eigenvalue weighted by molar-refractivity contribution is 6.03. The Labute approximate surface area is 184 Å². The van der Waals surface area contributed by atoms with Crippen molar-refractivity contribution in [1.82, 2.24) is 14.9 Å². The average Bonchev–Trinajstić information content (AvgIpc) is 3.11. The van der Waals surface area contributed by atoms with Gasteiger partial charge in [0.15, 0.2) is 0 Å². The number of hydrogen-bond donors (Lipinski definition) is 2. The number of piperidine rings is 1. The molecule has 1 saturated heterocycles. The number of rotatable bonds is 6. The number of H-pyrrole nitrogens is 1. The van der Waals surface area contributed by atoms with Crippen LogP contribution in [0.25, 0.3) is 11.1 Å². The molecule has 1 aliphatic heterocycles. The third-order valence-electron chi connectivity index (χ3n) is 5.56. The lowest BCUT2D eigenvalue weighted by atomic mass is 9.97. The smallest absolute Gasteiger partial charge is 0.342 e. The fourth-order valence-corrected chi connectivity index (χ4v) is 4.08. The first-order chi connectivity index (χ1) is 15.5. The summed E-state index contributed by atoms with van der Waals surface area (Å²) in [5, 5.41) is 3.06. The van der Waals surface area contributed by atoms with Crippen LogP contribution in [0.5, 0.6) is 0 Å². The van der Waals surface area contributed by atoms with Crippen molar-refractivity contribution in [3.8, 4) is 0 Å². The number of aryl methyl sites for hydroxylation is 1. The van der Waals surface area contributed by atoms with Crippen molar-refractivity contribution in [2.24, 2.45) is 5.92 Å². The fourth-order valence-electron chi connectivity index (χ4n) is 4.08. The van der Waals surface area contributed by atoms with E-state index in [1.54, 1.807) is 13.8 Å². The van der Waals surface area contributed by atoms with Gasteiger partial charge in [0.25, 0.3) is 5.56 Å². The first-order valence-electron chi connectivity index (χ1n) is 10.7. The van der Waals surface area contributed by atoms with E-state index in [0.29, 0.717) is 24.7 Å². The molecule has 2 aromatic heterocycles. The molecule has 9 heteroatoms. The quantitative estimate of drug-likeness (QED) is 0.568. The first kappa shape index (κ1) is 21.8. The standard InChI is InChI=1S/C23H26N4O5/c1-3-31-23(30)18-14(2)32-22-19(18)21(29)25-17(26-22)13-27-11-7-8-15(12-27)20(28)24-16-9-5-4-6-10-16/h4-6,9-10,15H,3,7-8,11-13H2,1-2H3,(H,24,28)(H,25,26,29). The van der Waals surface area contributed by atoms with Crippen LogP contribution < -0.4 is 10.9 Å². The van der Waals surface area contributed by atoms with Crippen molar-refractivity contribution < 1.29 is 18.7 Å². The van der Waals surface area contributed by atoms with Gasteiger partial charge in [0.2, 0.25) is 11.6 Å². The molecular formula is C23H26N4O5. The number of nitrogens with zero attached hydrogens (tertiary/aromatic N) is 2. The van der Waals surface area contributed by atoms with E-state index in [0.717, 1.165) is 25.1 Å². The van der Waals surface area contributed by atoms with E-state index in [1.807, 2.05) is 30.3 Å². The van der Waals surface area contributed by atoms with Gasteiger partial charge in [0, 0.05) is 12.2 Å². The summed E-state index contributed by atoms with van der Waals surface area (Å²) < 4.78 is 10.6. The summed E-state index contributed by atoms with van der Waals surface area (Å²) in [6.45, 7) is 5.22. The highest BCUT2D eigenvalue weighted by Crippen LogP contribution is 2.23. The van der Waals surface area contributed by atoms with Crippen LogP contribution in [0.2, 0.25) is 0 Å². The van der Waals surface area contributed by atoms with Gasteiger partial charge in [-0.15, -0.1) is 0 Å². The number of ether oxygens (including phenoxy) is 1. The Morgan fingerprint density at radius 1 is 1.31 bits per heavy atom. The second-order valence-electron chi connectivity index (χ2n) is 7.88. The highest BCUT2D eigenvalue weighted by Gasteiger charge is 2.27. The van der Waals surface area contributed by atoms with Crippen molar-refractivity contribution in [3.63, 3.8) is 0 Å². The number of fused-ring (bicyclic) bond motifs is 1. The van der Waals surface area contributed by atoms with Gasteiger partial charge in [-0.05, 0) is 45.4 Å². The number of carbonyl (C=O) groups excluding carboxylic acids is 2. The molecule has 2 N–H and O–H groups in total. The van der Waals surface area contributed by atoms with Gasteiger partial charge in [-0.2, -0.15) is 4.98 Å². The maximum Gasteiger partial charge on any atom is 0.342 e. The molecule has 0 aliphatic carbocycles. The molecule has 0 spiro atoms. The summed E-state index contributed by atoms with van der Waals surface area (Å²) in [6, 6.07) is 9.38. The third-order valence-corrected chi connectivity index (χ3v) is 5.56. The summed E-state index contributed by atoms with van der Waals surface area (Å²) in [6.07, 6.45) is 1.67. The second-order valence-corrected chi connectivity index (χ2v) is 7.88. The molecular weight excluding hydrogens is 412 g/mol. The maximum atomic E-state index is 12.7. The van der Waals surface area contributed by atoms with Crippen LogP contribution in [-0.2, 0) is 16.1 Å². The molecule has 168 valence electrons. The normalized spacial score (nSPS) is 16.8. The minimum Gasteiger partial charge on any atom is -0.462 e. The van der Waals surface area contributed by atoms with E-state index in [4.69, 9.17) is 9.15 Å². The lowest BCUT2D eigenvalue weighted by Crippen LogP contribution is -2.40. The Balaban J connectivity index is 1.49. The van der Waals surface area contributed by atoms with Crippen molar-refractivity contribution in [3.05, 3.63) is 57.8 Å². The Morgan fingerprint density at radius 3 is 2.84 bits per heavy atom. The summed E-state index contributed by atoms with van der Waals surface area (Å²) in [5.74, 6) is -0.0497. The van der Waals surface area contributed by atoms with Crippen LogP contribution in [0.1, 0.15) is 41.7 Å². The molecule has 1 fully saturated rings. The Bertz CT molecular complexity index is 1180. The maximum absolute atomic E-state index is 12.7. The number of anilines is 1. The van der Waals surface area contributed by atoms with E-state index in [9.17, 15) is 14.4 Å². The first-order valence-corrected chi connectivity index (χ1v) is 10.7. The Morgan fingerprint density at radius 2 is 2.09 bits per heavy atom. The van der Waals surface area contributed by atoms with Gasteiger partial charge in [-0.1, -0.05) is 18.2 Å². The molecule has 1 atom stereocenters. The Kier molecular flexibility index (Phi) is 6.36. The molecule has 32 heavy (non-hydrogen) atoms. The molecule has 3 heterocycles. The molecule has 4 rings (SSSR count). The lowest BCUT2D eigenvalue weighted by Gasteiger charge is -2.31. The number of likely N-dealkylation sites (tertiary alicyclic amines) is 1. The SMILES string of the molecule is CCOC(=O)c1c(C)oc2nc(CN3CCCC(C(=O)Nc4ccccc4)C3)[nH]c(=O)c12. The zero-order valence-electron chi connectivity index (χ0n) is 18.1. The van der Waals surface area contributed by atoms with Gasteiger partial charge in [0.1, 0.15) is 22.5 Å². The minimum atomic E-state index is -0.605. The zero-order chi connectivity index (χ0) is 22.7. The summed E-state index contributed by atoms with van der Waals surface area (Å²) >= 11 is 0. The van der Waals surface area contributed by atoms with E-state index < -0.39 is 11.5 Å². The van der Waals surface area contributed by atoms with Gasteiger partial charge >= 0.3 is 5.97 Å². The van der Waals surface area contributed by atoms with Crippen molar-refractivity contribution in [2.45, 2.75) is 33.2 Å². The van der Waals surface area contributed by atoms with Gasteiger partial charge in [-0.25, -0.2) is 4.79 Å². The van der Waals surface area contributed by atoms with Crippen molar-refractivity contribution in [1.29, 1.82) is 0 Å². The van der Waals surface area contributed by atoms with Gasteiger partial charge in [-0.3, -0.25) is 14.5 Å². The largest absolute Gasteiger partial charge is 0.462 e. The monoisotopic (exact) mass is 438 g/mol. The molecule has 1 unspecified atom stereocenters. The summed E-state index contributed by atoms with van der Waals surface area (Å²) in [7, 11) is 0. The number of furan rings is 1. The number of para-hydroxylation sites is 1. The predicted molar refractivity (Wildman–Crippen MR) is 118 cm³/mol. The van der Waals surface area contributed by atoms with E-state index in [1.165, 1.54) is 0 Å². The number of amides is 1. The molecule has 1 aromatic carbocycles. The van der Waals surface area contributed by atoms with Crippen LogP contribution in [0.3, 0.4) is 0 Å². The fraction of sp³-hybridized carbons (Fsp3) is 0.391.